The number of nitrogens with two attached hydrogens (primary N) is 1. The van der Waals surface area contributed by atoms with Gasteiger partial charge in [0.05, 0.1) is 17.6 Å². The number of hydrogen-bond acceptors (Lipinski definition) is 6. The van der Waals surface area contributed by atoms with E-state index in [1.54, 1.807) is 45.5 Å². The minimum atomic E-state index is -3.61. The van der Waals surface area contributed by atoms with Crippen LogP contribution in [0.5, 0.6) is 0 Å². The van der Waals surface area contributed by atoms with Crippen molar-refractivity contribution < 1.29 is 8.42 Å². The Morgan fingerprint density at radius 1 is 1.32 bits per heavy atom. The second-order valence-corrected chi connectivity index (χ2v) is 8.48. The number of anilines is 1. The Bertz CT molecular complexity index is 815. The quantitative estimate of drug-likeness (QED) is 0.654. The fourth-order valence-electron chi connectivity index (χ4n) is 3.10. The van der Waals surface area contributed by atoms with E-state index < -0.39 is 10.0 Å². The van der Waals surface area contributed by atoms with Gasteiger partial charge in [0.15, 0.2) is 0 Å². The second kappa shape index (κ2) is 7.77. The van der Waals surface area contributed by atoms with Crippen LogP contribution in [0.15, 0.2) is 46.3 Å². The number of benzene rings is 1. The minimum absolute atomic E-state index is 0.0355. The maximum absolute atomic E-state index is 13.2. The fraction of sp³-hybridized carbons (Fsp3) is 0.438. The van der Waals surface area contributed by atoms with Crippen molar-refractivity contribution in [1.29, 1.82) is 0 Å². The number of nitrogens with one attached hydrogen (secondary N) is 1. The molecular formula is C16H23N5O2S2. The predicted molar refractivity (Wildman–Crippen MR) is 100 cm³/mol. The molecule has 1 aliphatic heterocycles. The van der Waals surface area contributed by atoms with Gasteiger partial charge in [-0.25, -0.2) is 13.1 Å². The van der Waals surface area contributed by atoms with Crippen molar-refractivity contribution in [2.75, 3.05) is 25.4 Å². The summed E-state index contributed by atoms with van der Waals surface area (Å²) in [5.41, 5.74) is 5.86. The van der Waals surface area contributed by atoms with Crippen LogP contribution in [-0.2, 0) is 16.6 Å². The summed E-state index contributed by atoms with van der Waals surface area (Å²) < 4.78 is 29.7. The van der Waals surface area contributed by atoms with Crippen LogP contribution < -0.4 is 11.1 Å². The van der Waals surface area contributed by atoms with Crippen molar-refractivity contribution in [2.24, 2.45) is 0 Å². The highest BCUT2D eigenvalue weighted by atomic mass is 32.2. The Kier molecular flexibility index (Phi) is 5.67. The van der Waals surface area contributed by atoms with Crippen LogP contribution in [0.2, 0.25) is 0 Å². The fourth-order valence-corrected chi connectivity index (χ4v) is 5.13. The number of rotatable bonds is 6. The number of nitrogen functional groups attached to an aromatic ring is 1. The molecule has 0 amide bonds. The molecule has 0 bridgehead atoms. The van der Waals surface area contributed by atoms with Crippen LogP contribution in [0.25, 0.3) is 0 Å². The van der Waals surface area contributed by atoms with Gasteiger partial charge in [-0.3, -0.25) is 0 Å². The smallest absolute Gasteiger partial charge is 0.243 e. The molecule has 3 N–H and O–H groups in total. The van der Waals surface area contributed by atoms with Crippen LogP contribution in [0.1, 0.15) is 12.8 Å². The van der Waals surface area contributed by atoms with Crippen molar-refractivity contribution >= 4 is 28.5 Å². The molecule has 0 spiro atoms. The van der Waals surface area contributed by atoms with Gasteiger partial charge in [-0.2, -0.15) is 9.40 Å². The van der Waals surface area contributed by atoms with E-state index in [0.29, 0.717) is 23.8 Å². The summed E-state index contributed by atoms with van der Waals surface area (Å²) in [4.78, 5) is 0.898. The van der Waals surface area contributed by atoms with E-state index in [4.69, 9.17) is 5.73 Å². The lowest BCUT2D eigenvalue weighted by Gasteiger charge is -2.33. The first-order chi connectivity index (χ1) is 12.0. The minimum Gasteiger partial charge on any atom is -0.384 e. The summed E-state index contributed by atoms with van der Waals surface area (Å²) in [5.74, 6) is 0.528. The molecule has 9 heteroatoms. The van der Waals surface area contributed by atoms with Crippen LogP contribution in [0.3, 0.4) is 0 Å². The number of sulfonamides is 1. The molecule has 0 saturated carbocycles. The standard InChI is InChI=1S/C16H23N5O2S2/c17-16-6-9-19-20(16)10-11-21(13-4-7-18-8-5-13)25(22,23)15-3-1-2-14(24)12-15/h1-3,6,9,12-13,18,24H,4-5,7-8,10-11,17H2. The molecule has 1 aromatic heterocycles. The summed E-state index contributed by atoms with van der Waals surface area (Å²) in [7, 11) is -3.61. The molecule has 0 atom stereocenters. The van der Waals surface area contributed by atoms with Crippen LogP contribution >= 0.6 is 12.6 Å². The zero-order valence-electron chi connectivity index (χ0n) is 13.9. The maximum Gasteiger partial charge on any atom is 0.243 e. The van der Waals surface area contributed by atoms with Gasteiger partial charge in [-0.15, -0.1) is 12.6 Å². The molecule has 7 nitrogen and oxygen atoms in total. The van der Waals surface area contributed by atoms with E-state index in [2.05, 4.69) is 23.0 Å². The zero-order chi connectivity index (χ0) is 17.9. The van der Waals surface area contributed by atoms with Crippen LogP contribution in [-0.4, -0.2) is 48.2 Å². The molecule has 0 unspecified atom stereocenters. The molecule has 1 fully saturated rings. The van der Waals surface area contributed by atoms with Crippen molar-refractivity contribution in [3.05, 3.63) is 36.5 Å². The molecule has 2 heterocycles. The topological polar surface area (TPSA) is 93.2 Å². The number of nitrogens with zero attached hydrogens (tertiary/aromatic N) is 3. The Balaban J connectivity index is 1.88. The van der Waals surface area contributed by atoms with Crippen molar-refractivity contribution in [1.82, 2.24) is 19.4 Å². The summed E-state index contributed by atoms with van der Waals surface area (Å²) in [6.45, 7) is 2.37. The Hall–Kier alpha value is -1.55. The van der Waals surface area contributed by atoms with E-state index >= 15 is 0 Å². The monoisotopic (exact) mass is 381 g/mol. The van der Waals surface area contributed by atoms with Gasteiger partial charge in [0.25, 0.3) is 0 Å². The van der Waals surface area contributed by atoms with Gasteiger partial charge in [0.1, 0.15) is 5.82 Å². The molecule has 0 radical (unpaired) electrons. The van der Waals surface area contributed by atoms with Crippen molar-refractivity contribution in [3.8, 4) is 0 Å². The number of piperidine rings is 1. The zero-order valence-corrected chi connectivity index (χ0v) is 15.6. The molecule has 2 aromatic rings. The first-order valence-corrected chi connectivity index (χ1v) is 10.2. The lowest BCUT2D eigenvalue weighted by atomic mass is 10.1. The second-order valence-electron chi connectivity index (χ2n) is 6.07. The normalized spacial score (nSPS) is 16.4. The molecular weight excluding hydrogens is 358 g/mol. The Morgan fingerprint density at radius 3 is 2.72 bits per heavy atom. The summed E-state index contributed by atoms with van der Waals surface area (Å²) in [6.07, 6.45) is 3.19. The van der Waals surface area contributed by atoms with E-state index in [0.717, 1.165) is 25.9 Å². The largest absolute Gasteiger partial charge is 0.384 e. The summed E-state index contributed by atoms with van der Waals surface area (Å²) in [5, 5.41) is 7.42. The third kappa shape index (κ3) is 4.17. The Labute approximate surface area is 153 Å². The van der Waals surface area contributed by atoms with Gasteiger partial charge in [-0.05, 0) is 50.2 Å². The third-order valence-electron chi connectivity index (χ3n) is 4.42. The van der Waals surface area contributed by atoms with Gasteiger partial charge < -0.3 is 11.1 Å². The average Bonchev–Trinajstić information content (AvgIpc) is 3.01. The van der Waals surface area contributed by atoms with Crippen molar-refractivity contribution in [3.63, 3.8) is 0 Å². The SMILES string of the molecule is Nc1ccnn1CCN(C1CCNCC1)S(=O)(=O)c1cccc(S)c1. The lowest BCUT2D eigenvalue weighted by molar-refractivity contribution is 0.253. The number of thiol groups is 1. The molecule has 1 aromatic carbocycles. The molecule has 1 saturated heterocycles. The lowest BCUT2D eigenvalue weighted by Crippen LogP contribution is -2.47. The molecule has 136 valence electrons. The molecule has 25 heavy (non-hydrogen) atoms. The highest BCUT2D eigenvalue weighted by molar-refractivity contribution is 7.89. The highest BCUT2D eigenvalue weighted by Gasteiger charge is 2.32. The van der Waals surface area contributed by atoms with Gasteiger partial charge in [0.2, 0.25) is 10.0 Å². The van der Waals surface area contributed by atoms with Gasteiger partial charge >= 0.3 is 0 Å². The van der Waals surface area contributed by atoms with Gasteiger partial charge in [0, 0.05) is 17.5 Å². The average molecular weight is 382 g/mol. The first-order valence-electron chi connectivity index (χ1n) is 8.27. The third-order valence-corrected chi connectivity index (χ3v) is 6.65. The molecule has 1 aliphatic rings. The van der Waals surface area contributed by atoms with E-state index in [1.807, 2.05) is 0 Å². The number of hydrogen-bond donors (Lipinski definition) is 3. The summed E-state index contributed by atoms with van der Waals surface area (Å²) >= 11 is 4.27. The predicted octanol–water partition coefficient (Wildman–Crippen LogP) is 1.20. The first kappa shape index (κ1) is 18.2. The van der Waals surface area contributed by atoms with Crippen LogP contribution in [0.4, 0.5) is 5.82 Å². The Morgan fingerprint density at radius 2 is 2.08 bits per heavy atom. The van der Waals surface area contributed by atoms with Gasteiger partial charge in [-0.1, -0.05) is 6.07 Å². The van der Waals surface area contributed by atoms with E-state index in [9.17, 15) is 8.42 Å². The maximum atomic E-state index is 13.2. The highest BCUT2D eigenvalue weighted by Crippen LogP contribution is 2.24. The van der Waals surface area contributed by atoms with E-state index in [1.165, 1.54) is 0 Å². The molecule has 0 aliphatic carbocycles. The molecule has 3 rings (SSSR count). The van der Waals surface area contributed by atoms with Crippen molar-refractivity contribution in [2.45, 2.75) is 35.2 Å². The van der Waals surface area contributed by atoms with Crippen LogP contribution in [0, 0.1) is 0 Å². The number of aromatic nitrogens is 2. The summed E-state index contributed by atoms with van der Waals surface area (Å²) in [6, 6.07) is 8.35. The van der Waals surface area contributed by atoms with E-state index in [-0.39, 0.29) is 10.9 Å².